The Labute approximate surface area is 168 Å². The van der Waals surface area contributed by atoms with Gasteiger partial charge in [0.1, 0.15) is 17.8 Å². The number of nitrogens with one attached hydrogen (secondary N) is 1. The zero-order valence-corrected chi connectivity index (χ0v) is 16.4. The standard InChI is InChI=1S/C20H23N7O2/c1-12-8-22-18-17(12)19(24-10-23-18)26-5-6-27(13(2)9-26)20(21)25-14-3-4-15-16(7-14)29-11-28-15/h3-4,7-8,10,13H,5-6,9,11H2,1-2H3,(H2,21,25)(H,22,23,24)/t13-/m0/s1. The largest absolute Gasteiger partial charge is 0.454 e. The maximum Gasteiger partial charge on any atom is 0.231 e. The summed E-state index contributed by atoms with van der Waals surface area (Å²) >= 11 is 0. The van der Waals surface area contributed by atoms with Crippen LogP contribution in [0.3, 0.4) is 0 Å². The molecule has 0 radical (unpaired) electrons. The van der Waals surface area contributed by atoms with Crippen LogP contribution in [0.4, 0.5) is 11.5 Å². The highest BCUT2D eigenvalue weighted by Crippen LogP contribution is 2.35. The Balaban J connectivity index is 1.35. The van der Waals surface area contributed by atoms with Crippen molar-refractivity contribution in [2.45, 2.75) is 19.9 Å². The van der Waals surface area contributed by atoms with Gasteiger partial charge in [0.05, 0.1) is 11.1 Å². The van der Waals surface area contributed by atoms with Crippen LogP contribution in [0.2, 0.25) is 0 Å². The Kier molecular flexibility index (Phi) is 4.15. The van der Waals surface area contributed by atoms with Crippen molar-refractivity contribution in [3.63, 3.8) is 0 Å². The first-order valence-corrected chi connectivity index (χ1v) is 9.64. The van der Waals surface area contributed by atoms with Crippen LogP contribution in [-0.2, 0) is 0 Å². The molecule has 0 aliphatic carbocycles. The number of anilines is 1. The minimum atomic E-state index is 0.186. The van der Waals surface area contributed by atoms with Crippen molar-refractivity contribution in [3.8, 4) is 11.5 Å². The molecule has 0 amide bonds. The van der Waals surface area contributed by atoms with Gasteiger partial charge < -0.3 is 30.0 Å². The zero-order chi connectivity index (χ0) is 20.0. The Morgan fingerprint density at radius 2 is 2.10 bits per heavy atom. The lowest BCUT2D eigenvalue weighted by Crippen LogP contribution is -2.56. The highest BCUT2D eigenvalue weighted by atomic mass is 16.7. The third-order valence-electron chi connectivity index (χ3n) is 5.47. The van der Waals surface area contributed by atoms with E-state index in [1.165, 1.54) is 0 Å². The van der Waals surface area contributed by atoms with Crippen molar-refractivity contribution < 1.29 is 9.47 Å². The molecule has 9 nitrogen and oxygen atoms in total. The average Bonchev–Trinajstić information content (AvgIpc) is 3.34. The number of piperazine rings is 1. The topological polar surface area (TPSA) is 105 Å². The lowest BCUT2D eigenvalue weighted by Gasteiger charge is -2.41. The summed E-state index contributed by atoms with van der Waals surface area (Å²) in [5.41, 5.74) is 9.12. The first kappa shape index (κ1) is 17.6. The number of aromatic nitrogens is 3. The highest BCUT2D eigenvalue weighted by molar-refractivity contribution is 5.90. The molecule has 3 N–H and O–H groups in total. The number of nitrogens with two attached hydrogens (primary N) is 1. The Morgan fingerprint density at radius 3 is 2.97 bits per heavy atom. The fraction of sp³-hybridized carbons (Fsp3) is 0.350. The second kappa shape index (κ2) is 6.84. The second-order valence-corrected chi connectivity index (χ2v) is 7.39. The summed E-state index contributed by atoms with van der Waals surface area (Å²) in [4.78, 5) is 21.1. The van der Waals surface area contributed by atoms with Crippen molar-refractivity contribution in [2.24, 2.45) is 10.7 Å². The van der Waals surface area contributed by atoms with E-state index in [1.54, 1.807) is 6.33 Å². The quantitative estimate of drug-likeness (QED) is 0.508. The Hall–Kier alpha value is -3.49. The monoisotopic (exact) mass is 393 g/mol. The smallest absolute Gasteiger partial charge is 0.231 e. The molecule has 0 unspecified atom stereocenters. The number of H-pyrrole nitrogens is 1. The molecule has 29 heavy (non-hydrogen) atoms. The number of ether oxygens (including phenoxy) is 2. The summed E-state index contributed by atoms with van der Waals surface area (Å²) in [7, 11) is 0. The van der Waals surface area contributed by atoms with Crippen molar-refractivity contribution in [3.05, 3.63) is 36.3 Å². The van der Waals surface area contributed by atoms with Gasteiger partial charge in [-0.25, -0.2) is 15.0 Å². The number of fused-ring (bicyclic) bond motifs is 2. The van der Waals surface area contributed by atoms with Crippen LogP contribution in [0.1, 0.15) is 12.5 Å². The van der Waals surface area contributed by atoms with Crippen molar-refractivity contribution in [2.75, 3.05) is 31.3 Å². The van der Waals surface area contributed by atoms with E-state index in [1.807, 2.05) is 24.4 Å². The number of nitrogens with zero attached hydrogens (tertiary/aromatic N) is 5. The van der Waals surface area contributed by atoms with Gasteiger partial charge in [-0.2, -0.15) is 0 Å². The molecule has 0 saturated carbocycles. The van der Waals surface area contributed by atoms with Crippen molar-refractivity contribution >= 4 is 28.5 Å². The maximum absolute atomic E-state index is 6.35. The summed E-state index contributed by atoms with van der Waals surface area (Å²) in [5, 5.41) is 1.08. The van der Waals surface area contributed by atoms with Gasteiger partial charge in [0.25, 0.3) is 0 Å². The van der Waals surface area contributed by atoms with E-state index in [2.05, 4.69) is 43.6 Å². The minimum Gasteiger partial charge on any atom is -0.454 e. The summed E-state index contributed by atoms with van der Waals surface area (Å²) in [6.45, 7) is 6.83. The van der Waals surface area contributed by atoms with Crippen LogP contribution in [-0.4, -0.2) is 58.3 Å². The highest BCUT2D eigenvalue weighted by Gasteiger charge is 2.27. The number of hydrogen-bond acceptors (Lipinski definition) is 6. The molecule has 3 aromatic rings. The number of aliphatic imine (C=N–C) groups is 1. The van der Waals surface area contributed by atoms with Crippen LogP contribution in [0.5, 0.6) is 11.5 Å². The lowest BCUT2D eigenvalue weighted by molar-refractivity contribution is 0.174. The molecule has 4 heterocycles. The third-order valence-corrected chi connectivity index (χ3v) is 5.47. The molecular formula is C20H23N7O2. The molecule has 0 bridgehead atoms. The molecule has 1 atom stereocenters. The van der Waals surface area contributed by atoms with Crippen LogP contribution in [0, 0.1) is 6.92 Å². The Morgan fingerprint density at radius 1 is 1.24 bits per heavy atom. The molecule has 9 heteroatoms. The van der Waals surface area contributed by atoms with Gasteiger partial charge >= 0.3 is 0 Å². The average molecular weight is 393 g/mol. The molecule has 1 saturated heterocycles. The first-order chi connectivity index (χ1) is 14.1. The molecule has 2 aliphatic heterocycles. The van der Waals surface area contributed by atoms with Gasteiger partial charge in [-0.3, -0.25) is 0 Å². The summed E-state index contributed by atoms with van der Waals surface area (Å²) in [6, 6.07) is 5.77. The van der Waals surface area contributed by atoms with Crippen molar-refractivity contribution in [1.82, 2.24) is 19.9 Å². The van der Waals surface area contributed by atoms with E-state index in [4.69, 9.17) is 15.2 Å². The van der Waals surface area contributed by atoms with Gasteiger partial charge in [-0.15, -0.1) is 0 Å². The maximum atomic E-state index is 6.35. The van der Waals surface area contributed by atoms with Gasteiger partial charge in [-0.05, 0) is 31.5 Å². The van der Waals surface area contributed by atoms with Crippen LogP contribution in [0.15, 0.2) is 35.7 Å². The molecule has 1 fully saturated rings. The van der Waals surface area contributed by atoms with E-state index in [0.29, 0.717) is 11.7 Å². The molecule has 1 aromatic carbocycles. The van der Waals surface area contributed by atoms with E-state index in [-0.39, 0.29) is 12.8 Å². The molecule has 2 aliphatic rings. The molecular weight excluding hydrogens is 370 g/mol. The zero-order valence-electron chi connectivity index (χ0n) is 16.4. The number of aryl methyl sites for hydroxylation is 1. The third kappa shape index (κ3) is 3.08. The van der Waals surface area contributed by atoms with Gasteiger partial charge in [0, 0.05) is 37.9 Å². The van der Waals surface area contributed by atoms with Crippen molar-refractivity contribution in [1.29, 1.82) is 0 Å². The number of rotatable bonds is 2. The van der Waals surface area contributed by atoms with Crippen LogP contribution in [0.25, 0.3) is 11.0 Å². The van der Waals surface area contributed by atoms with Gasteiger partial charge in [-0.1, -0.05) is 0 Å². The summed E-state index contributed by atoms with van der Waals surface area (Å²) in [5.74, 6) is 2.90. The van der Waals surface area contributed by atoms with Crippen LogP contribution < -0.4 is 20.1 Å². The molecule has 2 aromatic heterocycles. The van der Waals surface area contributed by atoms with E-state index in [0.717, 1.165) is 53.5 Å². The van der Waals surface area contributed by atoms with Gasteiger partial charge in [0.15, 0.2) is 17.5 Å². The lowest BCUT2D eigenvalue weighted by atomic mass is 10.1. The predicted molar refractivity (Wildman–Crippen MR) is 111 cm³/mol. The fourth-order valence-electron chi connectivity index (χ4n) is 3.98. The number of benzene rings is 1. The summed E-state index contributed by atoms with van der Waals surface area (Å²) in [6.07, 6.45) is 3.58. The molecule has 0 spiro atoms. The van der Waals surface area contributed by atoms with Gasteiger partial charge in [0.2, 0.25) is 6.79 Å². The van der Waals surface area contributed by atoms with E-state index >= 15 is 0 Å². The Bertz CT molecular complexity index is 1090. The first-order valence-electron chi connectivity index (χ1n) is 9.64. The molecule has 5 rings (SSSR count). The second-order valence-electron chi connectivity index (χ2n) is 7.39. The predicted octanol–water partition coefficient (Wildman–Crippen LogP) is 2.15. The normalized spacial score (nSPS) is 19.2. The summed E-state index contributed by atoms with van der Waals surface area (Å²) < 4.78 is 10.8. The van der Waals surface area contributed by atoms with E-state index in [9.17, 15) is 0 Å². The minimum absolute atomic E-state index is 0.186. The fourth-order valence-corrected chi connectivity index (χ4v) is 3.98. The molecule has 150 valence electrons. The van der Waals surface area contributed by atoms with E-state index < -0.39 is 0 Å². The number of guanidine groups is 1. The number of aromatic amines is 1. The SMILES string of the molecule is Cc1c[nH]c2ncnc(N3CCN(C(N)=Nc4ccc5c(c4)OCO5)[C@@H](C)C3)c12. The number of hydrogen-bond donors (Lipinski definition) is 2. The van der Waals surface area contributed by atoms with Crippen LogP contribution >= 0.6 is 0 Å².